The van der Waals surface area contributed by atoms with Crippen molar-refractivity contribution >= 4 is 0 Å². The van der Waals surface area contributed by atoms with Gasteiger partial charge >= 0.3 is 0 Å². The van der Waals surface area contributed by atoms with Gasteiger partial charge in [-0.1, -0.05) is 38.5 Å². The molecule has 0 saturated heterocycles. The molecule has 2 atom stereocenters. The van der Waals surface area contributed by atoms with Gasteiger partial charge in [0.25, 0.3) is 0 Å². The van der Waals surface area contributed by atoms with Gasteiger partial charge in [0.2, 0.25) is 0 Å². The third-order valence-corrected chi connectivity index (χ3v) is 2.61. The summed E-state index contributed by atoms with van der Waals surface area (Å²) < 4.78 is 5.59. The highest BCUT2D eigenvalue weighted by Crippen LogP contribution is 2.11. The Kier molecular flexibility index (Phi) is 5.19. The highest BCUT2D eigenvalue weighted by Gasteiger charge is 2.08. The van der Waals surface area contributed by atoms with Gasteiger partial charge < -0.3 is 10.5 Å². The normalized spacial score (nSPS) is 14.6. The maximum absolute atomic E-state index is 5.97. The summed E-state index contributed by atoms with van der Waals surface area (Å²) in [6.07, 6.45) is 2.21. The van der Waals surface area contributed by atoms with Crippen LogP contribution in [-0.2, 0) is 0 Å². The standard InChI is InChI=1S/C13H21NO/c1-3-11(2)9-12(14)10-15-13-7-5-4-6-8-13/h4-8,11-12H,3,9-10,14H2,1-2H3. The molecule has 0 amide bonds. The Balaban J connectivity index is 2.25. The van der Waals surface area contributed by atoms with E-state index in [0.717, 1.165) is 12.2 Å². The van der Waals surface area contributed by atoms with Crippen LogP contribution in [0.5, 0.6) is 5.75 Å². The average Bonchev–Trinajstić information content (AvgIpc) is 2.27. The minimum absolute atomic E-state index is 0.139. The number of hydrogen-bond acceptors (Lipinski definition) is 2. The molecule has 2 nitrogen and oxygen atoms in total. The fraction of sp³-hybridized carbons (Fsp3) is 0.538. The maximum Gasteiger partial charge on any atom is 0.119 e. The highest BCUT2D eigenvalue weighted by molar-refractivity contribution is 5.20. The van der Waals surface area contributed by atoms with Gasteiger partial charge in [0.1, 0.15) is 12.4 Å². The molecule has 15 heavy (non-hydrogen) atoms. The lowest BCUT2D eigenvalue weighted by Gasteiger charge is -2.16. The Labute approximate surface area is 92.4 Å². The Hall–Kier alpha value is -1.02. The van der Waals surface area contributed by atoms with Crippen molar-refractivity contribution in [3.8, 4) is 5.75 Å². The van der Waals surface area contributed by atoms with E-state index in [1.165, 1.54) is 6.42 Å². The molecule has 1 aromatic rings. The molecule has 0 aliphatic carbocycles. The predicted octanol–water partition coefficient (Wildman–Crippen LogP) is 2.83. The van der Waals surface area contributed by atoms with E-state index < -0.39 is 0 Å². The van der Waals surface area contributed by atoms with E-state index in [0.29, 0.717) is 12.5 Å². The second kappa shape index (κ2) is 6.46. The van der Waals surface area contributed by atoms with Gasteiger partial charge in [-0.05, 0) is 24.5 Å². The van der Waals surface area contributed by atoms with Crippen LogP contribution in [0.4, 0.5) is 0 Å². The van der Waals surface area contributed by atoms with Crippen LogP contribution in [0.2, 0.25) is 0 Å². The number of hydrogen-bond donors (Lipinski definition) is 1. The van der Waals surface area contributed by atoms with Gasteiger partial charge in [0.15, 0.2) is 0 Å². The fourth-order valence-corrected chi connectivity index (χ4v) is 1.47. The summed E-state index contributed by atoms with van der Waals surface area (Å²) in [5.41, 5.74) is 5.97. The van der Waals surface area contributed by atoms with Crippen LogP contribution in [0.15, 0.2) is 30.3 Å². The zero-order valence-corrected chi connectivity index (χ0v) is 9.65. The molecule has 1 rings (SSSR count). The second-order valence-electron chi connectivity index (χ2n) is 4.13. The van der Waals surface area contributed by atoms with Crippen molar-refractivity contribution < 1.29 is 4.74 Å². The van der Waals surface area contributed by atoms with E-state index in [9.17, 15) is 0 Å². The molecular weight excluding hydrogens is 186 g/mol. The molecular formula is C13H21NO. The summed E-state index contributed by atoms with van der Waals surface area (Å²) in [4.78, 5) is 0. The van der Waals surface area contributed by atoms with Gasteiger partial charge in [0.05, 0.1) is 0 Å². The molecule has 2 heteroatoms. The van der Waals surface area contributed by atoms with E-state index in [1.807, 2.05) is 30.3 Å². The first-order chi connectivity index (χ1) is 7.22. The minimum Gasteiger partial charge on any atom is -0.492 e. The van der Waals surface area contributed by atoms with Gasteiger partial charge in [-0.25, -0.2) is 0 Å². The van der Waals surface area contributed by atoms with E-state index in [-0.39, 0.29) is 6.04 Å². The summed E-state index contributed by atoms with van der Waals surface area (Å²) in [6, 6.07) is 9.96. The van der Waals surface area contributed by atoms with Crippen LogP contribution < -0.4 is 10.5 Å². The molecule has 0 fully saturated rings. The number of rotatable bonds is 6. The lowest BCUT2D eigenvalue weighted by atomic mass is 10.0. The van der Waals surface area contributed by atoms with Crippen molar-refractivity contribution in [3.05, 3.63) is 30.3 Å². The minimum atomic E-state index is 0.139. The summed E-state index contributed by atoms with van der Waals surface area (Å²) in [5, 5.41) is 0. The van der Waals surface area contributed by atoms with Crippen molar-refractivity contribution in [2.75, 3.05) is 6.61 Å². The highest BCUT2D eigenvalue weighted by atomic mass is 16.5. The van der Waals surface area contributed by atoms with Crippen LogP contribution in [0.3, 0.4) is 0 Å². The zero-order chi connectivity index (χ0) is 11.1. The van der Waals surface area contributed by atoms with Crippen molar-refractivity contribution in [2.45, 2.75) is 32.7 Å². The zero-order valence-electron chi connectivity index (χ0n) is 9.65. The predicted molar refractivity (Wildman–Crippen MR) is 64.0 cm³/mol. The van der Waals surface area contributed by atoms with Gasteiger partial charge in [-0.15, -0.1) is 0 Å². The Bertz CT molecular complexity index is 260. The van der Waals surface area contributed by atoms with Crippen LogP contribution >= 0.6 is 0 Å². The molecule has 84 valence electrons. The molecule has 0 radical (unpaired) electrons. The second-order valence-corrected chi connectivity index (χ2v) is 4.13. The lowest BCUT2D eigenvalue weighted by molar-refractivity contribution is 0.266. The SMILES string of the molecule is CCC(C)CC(N)COc1ccccc1. The Morgan fingerprint density at radius 1 is 1.27 bits per heavy atom. The van der Waals surface area contributed by atoms with Crippen LogP contribution in [-0.4, -0.2) is 12.6 Å². The summed E-state index contributed by atoms with van der Waals surface area (Å²) in [6.45, 7) is 5.02. The summed E-state index contributed by atoms with van der Waals surface area (Å²) in [7, 11) is 0. The molecule has 0 saturated carbocycles. The van der Waals surface area contributed by atoms with Crippen LogP contribution in [0, 0.1) is 5.92 Å². The molecule has 0 bridgehead atoms. The Morgan fingerprint density at radius 3 is 2.53 bits per heavy atom. The molecule has 1 aromatic carbocycles. The lowest BCUT2D eigenvalue weighted by Crippen LogP contribution is -2.29. The maximum atomic E-state index is 5.97. The van der Waals surface area contributed by atoms with Gasteiger partial charge in [0, 0.05) is 6.04 Å². The van der Waals surface area contributed by atoms with E-state index in [2.05, 4.69) is 13.8 Å². The largest absolute Gasteiger partial charge is 0.492 e. The van der Waals surface area contributed by atoms with Gasteiger partial charge in [-0.3, -0.25) is 0 Å². The number of benzene rings is 1. The molecule has 2 unspecified atom stereocenters. The van der Waals surface area contributed by atoms with E-state index in [4.69, 9.17) is 10.5 Å². The Morgan fingerprint density at radius 2 is 1.93 bits per heavy atom. The molecule has 0 spiro atoms. The van der Waals surface area contributed by atoms with E-state index >= 15 is 0 Å². The summed E-state index contributed by atoms with van der Waals surface area (Å²) in [5.74, 6) is 1.58. The number of para-hydroxylation sites is 1. The number of nitrogens with two attached hydrogens (primary N) is 1. The third kappa shape index (κ3) is 4.84. The average molecular weight is 207 g/mol. The van der Waals surface area contributed by atoms with Crippen LogP contribution in [0.1, 0.15) is 26.7 Å². The van der Waals surface area contributed by atoms with E-state index in [1.54, 1.807) is 0 Å². The number of ether oxygens (including phenoxy) is 1. The summed E-state index contributed by atoms with van der Waals surface area (Å²) >= 11 is 0. The molecule has 0 heterocycles. The molecule has 2 N–H and O–H groups in total. The monoisotopic (exact) mass is 207 g/mol. The van der Waals surface area contributed by atoms with Crippen molar-refractivity contribution in [2.24, 2.45) is 11.7 Å². The smallest absolute Gasteiger partial charge is 0.119 e. The first-order valence-corrected chi connectivity index (χ1v) is 5.65. The van der Waals surface area contributed by atoms with Crippen molar-refractivity contribution in [1.82, 2.24) is 0 Å². The van der Waals surface area contributed by atoms with Crippen LogP contribution in [0.25, 0.3) is 0 Å². The molecule has 0 aromatic heterocycles. The molecule has 0 aliphatic rings. The third-order valence-electron chi connectivity index (χ3n) is 2.61. The molecule has 0 aliphatic heterocycles. The topological polar surface area (TPSA) is 35.2 Å². The van der Waals surface area contributed by atoms with Crippen molar-refractivity contribution in [3.63, 3.8) is 0 Å². The first kappa shape index (κ1) is 12.1. The first-order valence-electron chi connectivity index (χ1n) is 5.65. The quantitative estimate of drug-likeness (QED) is 0.778. The van der Waals surface area contributed by atoms with Crippen molar-refractivity contribution in [1.29, 1.82) is 0 Å². The van der Waals surface area contributed by atoms with Gasteiger partial charge in [-0.2, -0.15) is 0 Å². The fourth-order valence-electron chi connectivity index (χ4n) is 1.47.